The molecule has 0 saturated carbocycles. The number of nitrogens with one attached hydrogen (secondary N) is 1. The van der Waals surface area contributed by atoms with Crippen LogP contribution in [0.4, 0.5) is 5.69 Å². The molecule has 19 heavy (non-hydrogen) atoms. The highest BCUT2D eigenvalue weighted by Gasteiger charge is 2.16. The molecule has 0 aliphatic rings. The van der Waals surface area contributed by atoms with Crippen LogP contribution in [0.25, 0.3) is 0 Å². The Balaban J connectivity index is 2.25. The van der Waals surface area contributed by atoms with Gasteiger partial charge in [0.25, 0.3) is 5.56 Å². The number of hydrogen-bond acceptors (Lipinski definition) is 3. The lowest BCUT2D eigenvalue weighted by Gasteiger charge is -2.22. The van der Waals surface area contributed by atoms with Gasteiger partial charge in [-0.05, 0) is 30.4 Å². The number of rotatable bonds is 5. The standard InChI is InChI=1S/C15H20N2OS/c1-4-17-10-12(7-8-14(17)18)16-15(11(2)3)13-6-5-9-19-13/h5-11,15-16H,4H2,1-3H3. The normalized spacial score (nSPS) is 12.6. The first-order chi connectivity index (χ1) is 9.11. The molecule has 0 spiro atoms. The fourth-order valence-corrected chi connectivity index (χ4v) is 3.03. The average molecular weight is 276 g/mol. The van der Waals surface area contributed by atoms with E-state index in [0.29, 0.717) is 12.5 Å². The number of hydrogen-bond donors (Lipinski definition) is 1. The highest BCUT2D eigenvalue weighted by Crippen LogP contribution is 2.29. The van der Waals surface area contributed by atoms with E-state index in [1.165, 1.54) is 4.88 Å². The highest BCUT2D eigenvalue weighted by atomic mass is 32.1. The molecule has 0 radical (unpaired) electrons. The summed E-state index contributed by atoms with van der Waals surface area (Å²) in [5.41, 5.74) is 1.04. The summed E-state index contributed by atoms with van der Waals surface area (Å²) in [5.74, 6) is 0.487. The average Bonchev–Trinajstić information content (AvgIpc) is 2.91. The lowest BCUT2D eigenvalue weighted by atomic mass is 10.0. The summed E-state index contributed by atoms with van der Waals surface area (Å²) in [7, 11) is 0. The largest absolute Gasteiger partial charge is 0.376 e. The van der Waals surface area contributed by atoms with Crippen LogP contribution in [0.1, 0.15) is 31.7 Å². The van der Waals surface area contributed by atoms with Gasteiger partial charge in [-0.3, -0.25) is 4.79 Å². The van der Waals surface area contributed by atoms with Gasteiger partial charge in [0, 0.05) is 23.7 Å². The third-order valence-corrected chi connectivity index (χ3v) is 4.12. The second kappa shape index (κ2) is 6.06. The Labute approximate surface area is 117 Å². The molecule has 1 unspecified atom stereocenters. The van der Waals surface area contributed by atoms with Crippen molar-refractivity contribution in [1.29, 1.82) is 0 Å². The van der Waals surface area contributed by atoms with Gasteiger partial charge in [-0.2, -0.15) is 0 Å². The summed E-state index contributed by atoms with van der Waals surface area (Å²) in [5, 5.41) is 5.63. The van der Waals surface area contributed by atoms with Crippen LogP contribution in [0, 0.1) is 5.92 Å². The van der Waals surface area contributed by atoms with E-state index in [0.717, 1.165) is 5.69 Å². The van der Waals surface area contributed by atoms with Crippen LogP contribution in [-0.4, -0.2) is 4.57 Å². The Kier molecular flexibility index (Phi) is 4.43. The molecule has 0 aromatic carbocycles. The third kappa shape index (κ3) is 3.26. The smallest absolute Gasteiger partial charge is 0.250 e. The summed E-state index contributed by atoms with van der Waals surface area (Å²) in [6, 6.07) is 7.99. The fraction of sp³-hybridized carbons (Fsp3) is 0.400. The minimum Gasteiger partial charge on any atom is -0.376 e. The maximum atomic E-state index is 11.6. The number of pyridine rings is 1. The van der Waals surface area contributed by atoms with Crippen molar-refractivity contribution in [2.45, 2.75) is 33.4 Å². The molecule has 0 amide bonds. The maximum absolute atomic E-state index is 11.6. The molecule has 0 aliphatic heterocycles. The Hall–Kier alpha value is -1.55. The van der Waals surface area contributed by atoms with Gasteiger partial charge in [0.15, 0.2) is 0 Å². The van der Waals surface area contributed by atoms with Gasteiger partial charge in [-0.25, -0.2) is 0 Å². The molecular formula is C15H20N2OS. The van der Waals surface area contributed by atoms with Gasteiger partial charge < -0.3 is 9.88 Å². The lowest BCUT2D eigenvalue weighted by molar-refractivity contribution is 0.552. The zero-order valence-corrected chi connectivity index (χ0v) is 12.4. The number of aryl methyl sites for hydroxylation is 1. The molecule has 2 heterocycles. The second-order valence-electron chi connectivity index (χ2n) is 4.92. The molecule has 3 nitrogen and oxygen atoms in total. The first-order valence-electron chi connectivity index (χ1n) is 6.62. The number of nitrogens with zero attached hydrogens (tertiary/aromatic N) is 1. The summed E-state index contributed by atoms with van der Waals surface area (Å²) >= 11 is 1.76. The first-order valence-corrected chi connectivity index (χ1v) is 7.50. The minimum atomic E-state index is 0.0465. The first kappa shape index (κ1) is 13.9. The van der Waals surface area contributed by atoms with Crippen molar-refractivity contribution in [3.8, 4) is 0 Å². The van der Waals surface area contributed by atoms with Gasteiger partial charge in [0.05, 0.1) is 11.7 Å². The molecule has 1 N–H and O–H groups in total. The van der Waals surface area contributed by atoms with Crippen molar-refractivity contribution in [2.24, 2.45) is 5.92 Å². The summed E-state index contributed by atoms with van der Waals surface area (Å²) < 4.78 is 1.72. The van der Waals surface area contributed by atoms with Crippen LogP contribution in [0.15, 0.2) is 40.6 Å². The van der Waals surface area contributed by atoms with E-state index < -0.39 is 0 Å². The third-order valence-electron chi connectivity index (χ3n) is 3.16. The quantitative estimate of drug-likeness (QED) is 0.902. The van der Waals surface area contributed by atoms with E-state index in [9.17, 15) is 4.79 Å². The van der Waals surface area contributed by atoms with Gasteiger partial charge >= 0.3 is 0 Å². The fourth-order valence-electron chi connectivity index (χ4n) is 2.08. The molecule has 0 saturated heterocycles. The van der Waals surface area contributed by atoms with Crippen molar-refractivity contribution in [3.63, 3.8) is 0 Å². The summed E-state index contributed by atoms with van der Waals surface area (Å²) in [6.45, 7) is 7.07. The number of thiophene rings is 1. The molecule has 2 aromatic heterocycles. The molecule has 102 valence electrons. The minimum absolute atomic E-state index is 0.0465. The topological polar surface area (TPSA) is 34.0 Å². The predicted octanol–water partition coefficient (Wildman–Crippen LogP) is 3.74. The second-order valence-corrected chi connectivity index (χ2v) is 5.90. The maximum Gasteiger partial charge on any atom is 0.250 e. The Bertz CT molecular complexity index is 572. The van der Waals surface area contributed by atoms with Gasteiger partial charge in [-0.15, -0.1) is 11.3 Å². The van der Waals surface area contributed by atoms with E-state index in [-0.39, 0.29) is 11.6 Å². The van der Waals surface area contributed by atoms with E-state index in [4.69, 9.17) is 0 Å². The van der Waals surface area contributed by atoms with Crippen LogP contribution in [0.5, 0.6) is 0 Å². The van der Waals surface area contributed by atoms with Crippen molar-refractivity contribution < 1.29 is 0 Å². The highest BCUT2D eigenvalue weighted by molar-refractivity contribution is 7.10. The Morgan fingerprint density at radius 1 is 1.32 bits per heavy atom. The molecule has 0 aliphatic carbocycles. The van der Waals surface area contributed by atoms with Crippen LogP contribution < -0.4 is 10.9 Å². The van der Waals surface area contributed by atoms with Crippen molar-refractivity contribution in [1.82, 2.24) is 4.57 Å². The monoisotopic (exact) mass is 276 g/mol. The van der Waals surface area contributed by atoms with Crippen LogP contribution in [0.2, 0.25) is 0 Å². The zero-order chi connectivity index (χ0) is 13.8. The SMILES string of the molecule is CCn1cc(NC(c2cccs2)C(C)C)ccc1=O. The number of aromatic nitrogens is 1. The molecule has 2 rings (SSSR count). The van der Waals surface area contributed by atoms with Crippen molar-refractivity contribution in [3.05, 3.63) is 51.1 Å². The summed E-state index contributed by atoms with van der Waals surface area (Å²) in [4.78, 5) is 12.9. The predicted molar refractivity (Wildman–Crippen MR) is 81.9 cm³/mol. The van der Waals surface area contributed by atoms with E-state index >= 15 is 0 Å². The van der Waals surface area contributed by atoms with Gasteiger partial charge in [0.1, 0.15) is 0 Å². The summed E-state index contributed by atoms with van der Waals surface area (Å²) in [6.07, 6.45) is 1.89. The van der Waals surface area contributed by atoms with E-state index in [1.54, 1.807) is 22.0 Å². The zero-order valence-electron chi connectivity index (χ0n) is 11.6. The van der Waals surface area contributed by atoms with Gasteiger partial charge in [-0.1, -0.05) is 19.9 Å². The van der Waals surface area contributed by atoms with E-state index in [1.807, 2.05) is 19.2 Å². The van der Waals surface area contributed by atoms with Crippen molar-refractivity contribution in [2.75, 3.05) is 5.32 Å². The van der Waals surface area contributed by atoms with Crippen LogP contribution >= 0.6 is 11.3 Å². The molecule has 1 atom stereocenters. The van der Waals surface area contributed by atoms with E-state index in [2.05, 4.69) is 36.7 Å². The number of anilines is 1. The molecular weight excluding hydrogens is 256 g/mol. The molecule has 4 heteroatoms. The van der Waals surface area contributed by atoms with Crippen LogP contribution in [0.3, 0.4) is 0 Å². The van der Waals surface area contributed by atoms with Crippen LogP contribution in [-0.2, 0) is 6.54 Å². The Morgan fingerprint density at radius 3 is 2.68 bits per heavy atom. The molecule has 2 aromatic rings. The molecule has 0 fully saturated rings. The Morgan fingerprint density at radius 2 is 2.11 bits per heavy atom. The van der Waals surface area contributed by atoms with Gasteiger partial charge in [0.2, 0.25) is 0 Å². The molecule has 0 bridgehead atoms. The lowest BCUT2D eigenvalue weighted by Crippen LogP contribution is -2.20. The van der Waals surface area contributed by atoms with Crippen molar-refractivity contribution >= 4 is 17.0 Å².